The number of hydrogen-bond acceptors (Lipinski definition) is 6. The minimum atomic E-state index is -0.0128. The Morgan fingerprint density at radius 3 is 2.83 bits per heavy atom. The summed E-state index contributed by atoms with van der Waals surface area (Å²) in [6, 6.07) is 10.8. The molecule has 1 aliphatic carbocycles. The highest BCUT2D eigenvalue weighted by Crippen LogP contribution is 2.38. The van der Waals surface area contributed by atoms with Crippen LogP contribution < -0.4 is 5.32 Å². The van der Waals surface area contributed by atoms with Gasteiger partial charge in [-0.25, -0.2) is 15.0 Å². The molecule has 8 nitrogen and oxygen atoms in total. The Balaban J connectivity index is 1.57. The average Bonchev–Trinajstić information content (AvgIpc) is 3.27. The predicted octanol–water partition coefficient (Wildman–Crippen LogP) is 4.19. The van der Waals surface area contributed by atoms with Crippen molar-refractivity contribution in [2.75, 3.05) is 5.32 Å². The van der Waals surface area contributed by atoms with Crippen molar-refractivity contribution in [2.24, 2.45) is 5.92 Å². The molecule has 144 valence electrons. The first kappa shape index (κ1) is 17.6. The van der Waals surface area contributed by atoms with Gasteiger partial charge >= 0.3 is 0 Å². The molecule has 3 heterocycles. The Bertz CT molecular complexity index is 1180. The molecule has 4 aromatic rings. The van der Waals surface area contributed by atoms with Crippen molar-refractivity contribution >= 4 is 23.3 Å². The van der Waals surface area contributed by atoms with Gasteiger partial charge in [0.1, 0.15) is 12.1 Å². The highest BCUT2D eigenvalue weighted by Gasteiger charge is 2.30. The van der Waals surface area contributed by atoms with Crippen LogP contribution in [0.3, 0.4) is 0 Å². The molecule has 0 aliphatic heterocycles. The summed E-state index contributed by atoms with van der Waals surface area (Å²) in [7, 11) is 0. The van der Waals surface area contributed by atoms with E-state index in [-0.39, 0.29) is 11.8 Å². The lowest BCUT2D eigenvalue weighted by Crippen LogP contribution is -2.14. The average molecular weight is 407 g/mol. The van der Waals surface area contributed by atoms with Gasteiger partial charge in [0.2, 0.25) is 11.8 Å². The van der Waals surface area contributed by atoms with Gasteiger partial charge in [-0.15, -0.1) is 0 Å². The molecule has 0 radical (unpaired) electrons. The number of amides is 1. The number of nitrogens with zero attached hydrogens (tertiary/aromatic N) is 4. The van der Waals surface area contributed by atoms with E-state index in [1.807, 2.05) is 18.2 Å². The largest absolute Gasteiger partial charge is 0.435 e. The number of anilines is 1. The Morgan fingerprint density at radius 2 is 2.07 bits per heavy atom. The summed E-state index contributed by atoms with van der Waals surface area (Å²) < 4.78 is 6.09. The van der Waals surface area contributed by atoms with Crippen LogP contribution >= 0.6 is 11.6 Å². The van der Waals surface area contributed by atoms with Gasteiger partial charge in [-0.2, -0.15) is 5.10 Å². The number of aromatic nitrogens is 5. The van der Waals surface area contributed by atoms with E-state index >= 15 is 0 Å². The van der Waals surface area contributed by atoms with Crippen LogP contribution in [0.5, 0.6) is 0 Å². The number of hydrogen-bond donors (Lipinski definition) is 2. The van der Waals surface area contributed by atoms with E-state index in [2.05, 4.69) is 30.5 Å². The molecule has 29 heavy (non-hydrogen) atoms. The quantitative estimate of drug-likeness (QED) is 0.514. The number of carbonyl (C=O) groups excluding carboxylic acids is 1. The number of rotatable bonds is 5. The topological polar surface area (TPSA) is 110 Å². The van der Waals surface area contributed by atoms with Crippen LogP contribution in [-0.4, -0.2) is 31.1 Å². The van der Waals surface area contributed by atoms with Crippen molar-refractivity contribution in [2.45, 2.75) is 12.8 Å². The maximum atomic E-state index is 12.0. The highest BCUT2D eigenvalue weighted by molar-refractivity contribution is 6.33. The van der Waals surface area contributed by atoms with Crippen LogP contribution in [0.25, 0.3) is 34.3 Å². The smallest absolute Gasteiger partial charge is 0.228 e. The highest BCUT2D eigenvalue weighted by atomic mass is 35.5. The van der Waals surface area contributed by atoms with Crippen LogP contribution in [0.2, 0.25) is 5.02 Å². The van der Waals surface area contributed by atoms with Crippen LogP contribution in [0.15, 0.2) is 53.3 Å². The molecule has 0 bridgehead atoms. The molecule has 5 rings (SSSR count). The van der Waals surface area contributed by atoms with Crippen LogP contribution in [0.1, 0.15) is 12.8 Å². The molecular formula is C20H15ClN6O2. The van der Waals surface area contributed by atoms with Crippen molar-refractivity contribution in [3.8, 4) is 34.3 Å². The second-order valence-electron chi connectivity index (χ2n) is 6.70. The number of H-pyrrole nitrogens is 1. The maximum absolute atomic E-state index is 12.0. The lowest BCUT2D eigenvalue weighted by atomic mass is 10.1. The number of halogens is 1. The molecule has 0 spiro atoms. The fraction of sp³-hybridized carbons (Fsp3) is 0.150. The number of benzene rings is 1. The summed E-state index contributed by atoms with van der Waals surface area (Å²) in [6.45, 7) is 0. The van der Waals surface area contributed by atoms with Gasteiger partial charge in [0.15, 0.2) is 17.3 Å². The fourth-order valence-corrected chi connectivity index (χ4v) is 3.18. The third kappa shape index (κ3) is 3.50. The lowest BCUT2D eigenvalue weighted by Gasteiger charge is -2.04. The van der Waals surface area contributed by atoms with Gasteiger partial charge in [0.05, 0.1) is 5.02 Å². The molecule has 0 saturated heterocycles. The Hall–Kier alpha value is -3.52. The second kappa shape index (κ2) is 7.14. The minimum Gasteiger partial charge on any atom is -0.435 e. The van der Waals surface area contributed by atoms with Crippen LogP contribution in [0, 0.1) is 5.92 Å². The number of pyridine rings is 1. The molecule has 9 heteroatoms. The molecule has 1 fully saturated rings. The molecule has 0 atom stereocenters. The molecule has 1 saturated carbocycles. The zero-order valence-electron chi connectivity index (χ0n) is 15.1. The summed E-state index contributed by atoms with van der Waals surface area (Å²) in [4.78, 5) is 25.0. The molecular weight excluding hydrogens is 392 g/mol. The van der Waals surface area contributed by atoms with Crippen molar-refractivity contribution in [1.82, 2.24) is 25.1 Å². The van der Waals surface area contributed by atoms with Crippen LogP contribution in [-0.2, 0) is 4.79 Å². The molecule has 1 amide bonds. The van der Waals surface area contributed by atoms with E-state index in [1.165, 1.54) is 6.33 Å². The lowest BCUT2D eigenvalue weighted by molar-refractivity contribution is -0.117. The summed E-state index contributed by atoms with van der Waals surface area (Å²) >= 11 is 6.37. The zero-order valence-corrected chi connectivity index (χ0v) is 15.8. The monoisotopic (exact) mass is 406 g/mol. The predicted molar refractivity (Wildman–Crippen MR) is 107 cm³/mol. The van der Waals surface area contributed by atoms with Gasteiger partial charge < -0.3 is 9.73 Å². The number of aromatic amines is 1. The summed E-state index contributed by atoms with van der Waals surface area (Å²) in [5.41, 5.74) is 1.85. The Kier molecular flexibility index (Phi) is 4.33. The van der Waals surface area contributed by atoms with Gasteiger partial charge in [-0.1, -0.05) is 23.7 Å². The third-order valence-electron chi connectivity index (χ3n) is 4.59. The number of carbonyl (C=O) groups is 1. The third-order valence-corrected chi connectivity index (χ3v) is 4.92. The zero-order chi connectivity index (χ0) is 19.8. The molecule has 1 aromatic carbocycles. The van der Waals surface area contributed by atoms with E-state index in [9.17, 15) is 4.79 Å². The number of nitrogens with one attached hydrogen (secondary N) is 2. The summed E-state index contributed by atoms with van der Waals surface area (Å²) in [5.74, 6) is 1.83. The van der Waals surface area contributed by atoms with E-state index in [4.69, 9.17) is 16.0 Å². The fourth-order valence-electron chi connectivity index (χ4n) is 2.96. The van der Waals surface area contributed by atoms with Gasteiger partial charge in [-0.3, -0.25) is 9.89 Å². The van der Waals surface area contributed by atoms with E-state index in [0.717, 1.165) is 12.8 Å². The molecule has 3 aromatic heterocycles. The van der Waals surface area contributed by atoms with Crippen molar-refractivity contribution in [3.05, 3.63) is 53.9 Å². The van der Waals surface area contributed by atoms with Crippen molar-refractivity contribution < 1.29 is 9.21 Å². The van der Waals surface area contributed by atoms with Crippen LogP contribution in [0.4, 0.5) is 5.82 Å². The Labute approximate surface area is 170 Å². The van der Waals surface area contributed by atoms with Gasteiger partial charge in [-0.05, 0) is 37.1 Å². The molecule has 0 unspecified atom stereocenters. The van der Waals surface area contributed by atoms with E-state index < -0.39 is 0 Å². The first-order valence-electron chi connectivity index (χ1n) is 9.08. The summed E-state index contributed by atoms with van der Waals surface area (Å²) in [5, 5.41) is 10.1. The second-order valence-corrected chi connectivity index (χ2v) is 7.11. The SMILES string of the molecule is O=C(Nc1cc(-c2nc(-c3ncn[nH]3)c(-c3ccccc3Cl)o2)ccn1)C1CC1. The van der Waals surface area contributed by atoms with E-state index in [1.54, 1.807) is 24.4 Å². The maximum Gasteiger partial charge on any atom is 0.228 e. The minimum absolute atomic E-state index is 0.0128. The Morgan fingerprint density at radius 1 is 1.21 bits per heavy atom. The van der Waals surface area contributed by atoms with E-state index in [0.29, 0.717) is 45.1 Å². The van der Waals surface area contributed by atoms with Crippen molar-refractivity contribution in [3.63, 3.8) is 0 Å². The molecule has 2 N–H and O–H groups in total. The molecule has 1 aliphatic rings. The normalized spacial score (nSPS) is 13.4. The van der Waals surface area contributed by atoms with Gasteiger partial charge in [0.25, 0.3) is 0 Å². The van der Waals surface area contributed by atoms with Gasteiger partial charge in [0, 0.05) is 23.2 Å². The summed E-state index contributed by atoms with van der Waals surface area (Å²) in [6.07, 6.45) is 4.85. The van der Waals surface area contributed by atoms with Crippen molar-refractivity contribution in [1.29, 1.82) is 0 Å². The first-order chi connectivity index (χ1) is 14.2. The standard InChI is InChI=1S/C20H15ClN6O2/c21-14-4-2-1-3-13(14)17-16(18-23-10-24-27-18)26-20(29-17)12-7-8-22-15(9-12)25-19(28)11-5-6-11/h1-4,7-11H,5-6H2,(H,22,25,28)(H,23,24,27). The number of oxazole rings is 1. The first-order valence-corrected chi connectivity index (χ1v) is 9.45.